The summed E-state index contributed by atoms with van der Waals surface area (Å²) in [5.41, 5.74) is 0.0938. The van der Waals surface area contributed by atoms with Gasteiger partial charge in [-0.15, -0.1) is 0 Å². The fourth-order valence-corrected chi connectivity index (χ4v) is 5.59. The van der Waals surface area contributed by atoms with E-state index in [2.05, 4.69) is 60.0 Å². The lowest BCUT2D eigenvalue weighted by atomic mass is 9.73. The predicted molar refractivity (Wildman–Crippen MR) is 134 cm³/mol. The highest BCUT2D eigenvalue weighted by Gasteiger charge is 2.46. The van der Waals surface area contributed by atoms with Crippen molar-refractivity contribution in [3.05, 3.63) is 10.6 Å². The average molecular weight is 489 g/mol. The van der Waals surface area contributed by atoms with Crippen molar-refractivity contribution in [2.45, 2.75) is 116 Å². The Morgan fingerprint density at radius 1 is 0.875 bits per heavy atom. The van der Waals surface area contributed by atoms with Crippen LogP contribution in [0.3, 0.4) is 0 Å². The van der Waals surface area contributed by atoms with Crippen molar-refractivity contribution in [1.29, 1.82) is 0 Å². The summed E-state index contributed by atoms with van der Waals surface area (Å²) >= 11 is 11.6. The quantitative estimate of drug-likeness (QED) is 0.277. The third kappa shape index (κ3) is 9.28. The summed E-state index contributed by atoms with van der Waals surface area (Å²) in [5, 5.41) is 5.72. The van der Waals surface area contributed by atoms with Crippen LogP contribution in [0, 0.1) is 5.92 Å². The molecule has 1 aliphatic rings. The van der Waals surface area contributed by atoms with Crippen LogP contribution in [0.15, 0.2) is 0 Å². The van der Waals surface area contributed by atoms with Crippen LogP contribution >= 0.6 is 23.2 Å². The Bertz CT molecular complexity index is 648. The first kappa shape index (κ1) is 27.6. The third-order valence-electron chi connectivity index (χ3n) is 6.30. The van der Waals surface area contributed by atoms with Gasteiger partial charge in [-0.05, 0) is 82.5 Å². The molecule has 2 heterocycles. The van der Waals surface area contributed by atoms with Crippen molar-refractivity contribution in [2.24, 2.45) is 5.92 Å². The minimum absolute atomic E-state index is 0.0469. The summed E-state index contributed by atoms with van der Waals surface area (Å²) in [7, 11) is 0. The van der Waals surface area contributed by atoms with E-state index in [1.54, 1.807) is 0 Å². The van der Waals surface area contributed by atoms with Gasteiger partial charge in [0.25, 0.3) is 0 Å². The standard InChI is InChI=1S/C24H43Cl2N5O/c1-6-7-8-9-10-13-16-32-31-23(2,3)17-19(18-24(31,4)5)14-11-12-15-27-22-29-20(25)28-21(26)30-22/h19H,6-18H2,1-5H3,(H,27,28,29,30). The molecule has 0 saturated carbocycles. The van der Waals surface area contributed by atoms with Crippen LogP contribution < -0.4 is 5.32 Å². The number of hydrogen-bond acceptors (Lipinski definition) is 6. The van der Waals surface area contributed by atoms with Gasteiger partial charge < -0.3 is 5.32 Å². The van der Waals surface area contributed by atoms with Crippen LogP contribution in [0.25, 0.3) is 0 Å². The van der Waals surface area contributed by atoms with Crippen molar-refractivity contribution in [3.63, 3.8) is 0 Å². The van der Waals surface area contributed by atoms with Crippen LogP contribution in [0.5, 0.6) is 0 Å². The van der Waals surface area contributed by atoms with Crippen molar-refractivity contribution < 1.29 is 4.84 Å². The molecule has 0 spiro atoms. The number of unbranched alkanes of at least 4 members (excludes halogenated alkanes) is 6. The number of hydroxylamine groups is 2. The van der Waals surface area contributed by atoms with E-state index in [1.165, 1.54) is 51.4 Å². The summed E-state index contributed by atoms with van der Waals surface area (Å²) in [4.78, 5) is 18.2. The van der Waals surface area contributed by atoms with E-state index in [9.17, 15) is 0 Å². The molecule has 1 saturated heterocycles. The lowest BCUT2D eigenvalue weighted by Crippen LogP contribution is -2.60. The lowest BCUT2D eigenvalue weighted by molar-refractivity contribution is -0.288. The van der Waals surface area contributed by atoms with Gasteiger partial charge in [-0.1, -0.05) is 51.9 Å². The smallest absolute Gasteiger partial charge is 0.228 e. The summed E-state index contributed by atoms with van der Waals surface area (Å²) in [6.45, 7) is 13.2. The first-order chi connectivity index (χ1) is 15.1. The van der Waals surface area contributed by atoms with Gasteiger partial charge in [0, 0.05) is 17.6 Å². The van der Waals surface area contributed by atoms with Crippen molar-refractivity contribution in [1.82, 2.24) is 20.0 Å². The van der Waals surface area contributed by atoms with Crippen LogP contribution in [0.4, 0.5) is 5.95 Å². The monoisotopic (exact) mass is 487 g/mol. The zero-order valence-electron chi connectivity index (χ0n) is 20.7. The summed E-state index contributed by atoms with van der Waals surface area (Å²) in [6.07, 6.45) is 13.5. The molecule has 1 aromatic rings. The normalized spacial score (nSPS) is 18.7. The zero-order valence-corrected chi connectivity index (χ0v) is 22.2. The highest BCUT2D eigenvalue weighted by Crippen LogP contribution is 2.43. The molecule has 1 fully saturated rings. The lowest BCUT2D eigenvalue weighted by Gasteiger charge is -2.54. The van der Waals surface area contributed by atoms with Crippen LogP contribution in [0.1, 0.15) is 105 Å². The molecule has 1 aliphatic heterocycles. The molecule has 0 unspecified atom stereocenters. The number of anilines is 1. The summed E-state index contributed by atoms with van der Waals surface area (Å²) in [6, 6.07) is 0. The molecule has 184 valence electrons. The van der Waals surface area contributed by atoms with Crippen molar-refractivity contribution in [3.8, 4) is 0 Å². The minimum atomic E-state index is 0.0469. The number of nitrogens with zero attached hydrogens (tertiary/aromatic N) is 4. The van der Waals surface area contributed by atoms with E-state index in [-0.39, 0.29) is 21.6 Å². The molecule has 0 bridgehead atoms. The third-order valence-corrected chi connectivity index (χ3v) is 6.64. The number of piperidine rings is 1. The molecule has 0 aliphatic carbocycles. The number of aromatic nitrogens is 3. The maximum Gasteiger partial charge on any atom is 0.228 e. The molecule has 2 rings (SSSR count). The van der Waals surface area contributed by atoms with Crippen LogP contribution in [0.2, 0.25) is 10.6 Å². The largest absolute Gasteiger partial charge is 0.354 e. The van der Waals surface area contributed by atoms with Gasteiger partial charge in [0.15, 0.2) is 0 Å². The Hall–Kier alpha value is -0.690. The molecule has 0 radical (unpaired) electrons. The van der Waals surface area contributed by atoms with E-state index in [4.69, 9.17) is 28.0 Å². The van der Waals surface area contributed by atoms with E-state index in [1.807, 2.05) is 0 Å². The van der Waals surface area contributed by atoms with Gasteiger partial charge in [-0.2, -0.15) is 20.0 Å². The van der Waals surface area contributed by atoms with E-state index < -0.39 is 0 Å². The molecule has 0 atom stereocenters. The molecule has 8 heteroatoms. The van der Waals surface area contributed by atoms with Crippen LogP contribution in [-0.2, 0) is 4.84 Å². The van der Waals surface area contributed by atoms with Gasteiger partial charge >= 0.3 is 0 Å². The Morgan fingerprint density at radius 3 is 2.09 bits per heavy atom. The topological polar surface area (TPSA) is 63.2 Å². The fraction of sp³-hybridized carbons (Fsp3) is 0.875. The molecule has 1 N–H and O–H groups in total. The number of halogens is 2. The van der Waals surface area contributed by atoms with Gasteiger partial charge in [0.1, 0.15) is 0 Å². The highest BCUT2D eigenvalue weighted by atomic mass is 35.5. The Kier molecular flexibility index (Phi) is 11.4. The second kappa shape index (κ2) is 13.3. The van der Waals surface area contributed by atoms with E-state index in [0.29, 0.717) is 11.9 Å². The van der Waals surface area contributed by atoms with Gasteiger partial charge in [0.05, 0.1) is 6.61 Å². The minimum Gasteiger partial charge on any atom is -0.354 e. The molecule has 0 amide bonds. The second-order valence-corrected chi connectivity index (χ2v) is 11.1. The van der Waals surface area contributed by atoms with E-state index in [0.717, 1.165) is 32.4 Å². The summed E-state index contributed by atoms with van der Waals surface area (Å²) < 4.78 is 0. The Morgan fingerprint density at radius 2 is 1.47 bits per heavy atom. The number of hydrogen-bond donors (Lipinski definition) is 1. The summed E-state index contributed by atoms with van der Waals surface area (Å²) in [5.74, 6) is 1.14. The molecular weight excluding hydrogens is 445 g/mol. The van der Waals surface area contributed by atoms with E-state index >= 15 is 0 Å². The van der Waals surface area contributed by atoms with Crippen LogP contribution in [-0.4, -0.2) is 44.2 Å². The molecule has 1 aromatic heterocycles. The Balaban J connectivity index is 1.71. The van der Waals surface area contributed by atoms with Gasteiger partial charge in [-0.3, -0.25) is 4.84 Å². The maximum atomic E-state index is 6.36. The molecule has 32 heavy (non-hydrogen) atoms. The van der Waals surface area contributed by atoms with Crippen molar-refractivity contribution in [2.75, 3.05) is 18.5 Å². The maximum absolute atomic E-state index is 6.36. The SMILES string of the molecule is CCCCCCCCON1C(C)(C)CC(CCCCNc2nc(Cl)nc(Cl)n2)CC1(C)C. The number of nitrogens with one attached hydrogen (secondary N) is 1. The Labute approximate surface area is 205 Å². The fourth-order valence-electron chi connectivity index (χ4n) is 5.23. The van der Waals surface area contributed by atoms with Gasteiger partial charge in [-0.25, -0.2) is 0 Å². The average Bonchev–Trinajstić information content (AvgIpc) is 2.67. The number of rotatable bonds is 14. The predicted octanol–water partition coefficient (Wildman–Crippen LogP) is 7.32. The second-order valence-electron chi connectivity index (χ2n) is 10.4. The molecular formula is C24H43Cl2N5O. The first-order valence-corrected chi connectivity index (χ1v) is 13.1. The first-order valence-electron chi connectivity index (χ1n) is 12.4. The van der Waals surface area contributed by atoms with Crippen molar-refractivity contribution >= 4 is 29.2 Å². The molecule has 0 aromatic carbocycles. The van der Waals surface area contributed by atoms with Gasteiger partial charge in [0.2, 0.25) is 16.5 Å². The zero-order chi connectivity index (χ0) is 23.6. The highest BCUT2D eigenvalue weighted by molar-refractivity contribution is 6.31. The molecule has 6 nitrogen and oxygen atoms in total.